The molecule has 5 nitrogen and oxygen atoms in total. The Bertz CT molecular complexity index is 536. The number of aliphatic carboxylic acids is 1. The van der Waals surface area contributed by atoms with E-state index in [1.165, 1.54) is 0 Å². The first-order valence-corrected chi connectivity index (χ1v) is 6.80. The fourth-order valence-electron chi connectivity index (χ4n) is 2.71. The average Bonchev–Trinajstić information content (AvgIpc) is 2.63. The third-order valence-corrected chi connectivity index (χ3v) is 3.62. The molecule has 1 aromatic rings. The molecule has 1 fully saturated rings. The maximum absolute atomic E-state index is 10.8. The lowest BCUT2D eigenvalue weighted by atomic mass is 10.1. The van der Waals surface area contributed by atoms with Gasteiger partial charge in [-0.1, -0.05) is 12.1 Å². The summed E-state index contributed by atoms with van der Waals surface area (Å²) in [6.07, 6.45) is 0.909. The molecule has 0 aliphatic carbocycles. The monoisotopic (exact) mass is 273 g/mol. The van der Waals surface area contributed by atoms with Gasteiger partial charge in [0.1, 0.15) is 6.07 Å². The SMILES string of the molecule is Cc1cccc(C#N)c1N1CCCN(CC(=O)O)CC1. The lowest BCUT2D eigenvalue weighted by Crippen LogP contribution is -2.34. The Labute approximate surface area is 119 Å². The Morgan fingerprint density at radius 2 is 2.15 bits per heavy atom. The van der Waals surface area contributed by atoms with Gasteiger partial charge in [0.05, 0.1) is 17.8 Å². The van der Waals surface area contributed by atoms with Crippen molar-refractivity contribution < 1.29 is 9.90 Å². The number of carboxylic acid groups (broad SMARTS) is 1. The summed E-state index contributed by atoms with van der Waals surface area (Å²) in [5, 5.41) is 18.1. The predicted molar refractivity (Wildman–Crippen MR) is 76.8 cm³/mol. The van der Waals surface area contributed by atoms with Crippen LogP contribution in [0.15, 0.2) is 18.2 Å². The molecule has 0 amide bonds. The summed E-state index contributed by atoms with van der Waals surface area (Å²) in [7, 11) is 0. The quantitative estimate of drug-likeness (QED) is 0.903. The van der Waals surface area contributed by atoms with Gasteiger partial charge in [0.25, 0.3) is 0 Å². The summed E-state index contributed by atoms with van der Waals surface area (Å²) < 4.78 is 0. The molecule has 1 N–H and O–H groups in total. The van der Waals surface area contributed by atoms with E-state index in [9.17, 15) is 10.1 Å². The highest BCUT2D eigenvalue weighted by Gasteiger charge is 2.19. The number of benzene rings is 1. The van der Waals surface area contributed by atoms with E-state index in [0.717, 1.165) is 37.3 Å². The second-order valence-corrected chi connectivity index (χ2v) is 5.09. The third-order valence-electron chi connectivity index (χ3n) is 3.62. The highest BCUT2D eigenvalue weighted by molar-refractivity contribution is 5.69. The van der Waals surface area contributed by atoms with Crippen LogP contribution in [0.2, 0.25) is 0 Å². The minimum Gasteiger partial charge on any atom is -0.480 e. The van der Waals surface area contributed by atoms with E-state index in [1.54, 1.807) is 0 Å². The van der Waals surface area contributed by atoms with Crippen molar-refractivity contribution in [3.8, 4) is 6.07 Å². The molecule has 106 valence electrons. The van der Waals surface area contributed by atoms with E-state index in [1.807, 2.05) is 30.0 Å². The van der Waals surface area contributed by atoms with Crippen LogP contribution in [0.5, 0.6) is 0 Å². The van der Waals surface area contributed by atoms with Crippen LogP contribution in [0.3, 0.4) is 0 Å². The van der Waals surface area contributed by atoms with Crippen molar-refractivity contribution in [3.63, 3.8) is 0 Å². The van der Waals surface area contributed by atoms with Crippen molar-refractivity contribution in [2.24, 2.45) is 0 Å². The number of carbonyl (C=O) groups is 1. The fourth-order valence-corrected chi connectivity index (χ4v) is 2.71. The summed E-state index contributed by atoms with van der Waals surface area (Å²) in [6, 6.07) is 7.99. The lowest BCUT2D eigenvalue weighted by molar-refractivity contribution is -0.138. The topological polar surface area (TPSA) is 67.6 Å². The van der Waals surface area contributed by atoms with Crippen LogP contribution in [0.1, 0.15) is 17.5 Å². The zero-order valence-corrected chi connectivity index (χ0v) is 11.7. The summed E-state index contributed by atoms with van der Waals surface area (Å²) in [6.45, 7) is 5.22. The Balaban J connectivity index is 2.15. The van der Waals surface area contributed by atoms with Gasteiger partial charge in [-0.3, -0.25) is 9.69 Å². The Hall–Kier alpha value is -2.06. The van der Waals surface area contributed by atoms with Crippen LogP contribution < -0.4 is 4.90 Å². The molecule has 0 bridgehead atoms. The Morgan fingerprint density at radius 1 is 1.35 bits per heavy atom. The number of hydrogen-bond acceptors (Lipinski definition) is 4. The number of aryl methyl sites for hydroxylation is 1. The summed E-state index contributed by atoms with van der Waals surface area (Å²) in [4.78, 5) is 14.9. The number of hydrogen-bond donors (Lipinski definition) is 1. The second-order valence-electron chi connectivity index (χ2n) is 5.09. The molecule has 1 aliphatic rings. The van der Waals surface area contributed by atoms with Crippen LogP contribution in [-0.2, 0) is 4.79 Å². The van der Waals surface area contributed by atoms with Gasteiger partial charge >= 0.3 is 5.97 Å². The standard InChI is InChI=1S/C15H19N3O2/c1-12-4-2-5-13(10-16)15(12)18-7-3-6-17(8-9-18)11-14(19)20/h2,4-5H,3,6-9,11H2,1H3,(H,19,20). The molecule has 0 unspecified atom stereocenters. The van der Waals surface area contributed by atoms with Crippen molar-refractivity contribution in [2.75, 3.05) is 37.6 Å². The molecule has 1 heterocycles. The normalized spacial score (nSPS) is 16.5. The summed E-state index contributed by atoms with van der Waals surface area (Å²) in [5.41, 5.74) is 2.78. The molecule has 2 rings (SSSR count). The number of nitriles is 1. The van der Waals surface area contributed by atoms with Gasteiger partial charge in [0, 0.05) is 26.2 Å². The van der Waals surface area contributed by atoms with E-state index in [2.05, 4.69) is 11.0 Å². The van der Waals surface area contributed by atoms with E-state index in [-0.39, 0.29) is 6.54 Å². The average molecular weight is 273 g/mol. The molecule has 1 saturated heterocycles. The van der Waals surface area contributed by atoms with Gasteiger partial charge < -0.3 is 10.0 Å². The first-order chi connectivity index (χ1) is 9.61. The van der Waals surface area contributed by atoms with Crippen LogP contribution in [0, 0.1) is 18.3 Å². The highest BCUT2D eigenvalue weighted by atomic mass is 16.4. The number of carboxylic acids is 1. The smallest absolute Gasteiger partial charge is 0.317 e. The van der Waals surface area contributed by atoms with Gasteiger partial charge in [-0.25, -0.2) is 0 Å². The van der Waals surface area contributed by atoms with Crippen LogP contribution in [0.4, 0.5) is 5.69 Å². The number of nitrogens with zero attached hydrogens (tertiary/aromatic N) is 3. The van der Waals surface area contributed by atoms with E-state index < -0.39 is 5.97 Å². The Kier molecular flexibility index (Phi) is 4.59. The van der Waals surface area contributed by atoms with Crippen molar-refractivity contribution in [1.82, 2.24) is 4.90 Å². The minimum absolute atomic E-state index is 0.0900. The van der Waals surface area contributed by atoms with Gasteiger partial charge in [0.15, 0.2) is 0 Å². The maximum Gasteiger partial charge on any atom is 0.317 e. The van der Waals surface area contributed by atoms with E-state index in [0.29, 0.717) is 12.1 Å². The first kappa shape index (κ1) is 14.4. The fraction of sp³-hybridized carbons (Fsp3) is 0.467. The molecule has 0 atom stereocenters. The van der Waals surface area contributed by atoms with Crippen molar-refractivity contribution in [3.05, 3.63) is 29.3 Å². The molecule has 0 radical (unpaired) electrons. The zero-order chi connectivity index (χ0) is 14.5. The molecule has 0 aromatic heterocycles. The molecule has 1 aliphatic heterocycles. The molecule has 0 saturated carbocycles. The van der Waals surface area contributed by atoms with Crippen LogP contribution in [-0.4, -0.2) is 48.7 Å². The number of anilines is 1. The highest BCUT2D eigenvalue weighted by Crippen LogP contribution is 2.25. The second kappa shape index (κ2) is 6.40. The van der Waals surface area contributed by atoms with Crippen molar-refractivity contribution >= 4 is 11.7 Å². The van der Waals surface area contributed by atoms with Gasteiger partial charge in [0.2, 0.25) is 0 Å². The molecular weight excluding hydrogens is 254 g/mol. The summed E-state index contributed by atoms with van der Waals surface area (Å²) in [5.74, 6) is -0.785. The Morgan fingerprint density at radius 3 is 2.85 bits per heavy atom. The van der Waals surface area contributed by atoms with Crippen molar-refractivity contribution in [1.29, 1.82) is 5.26 Å². The predicted octanol–water partition coefficient (Wildman–Crippen LogP) is 1.46. The third kappa shape index (κ3) is 3.28. The molecule has 5 heteroatoms. The summed E-state index contributed by atoms with van der Waals surface area (Å²) >= 11 is 0. The van der Waals surface area contributed by atoms with Gasteiger partial charge in [-0.15, -0.1) is 0 Å². The first-order valence-electron chi connectivity index (χ1n) is 6.80. The largest absolute Gasteiger partial charge is 0.480 e. The number of para-hydroxylation sites is 1. The lowest BCUT2D eigenvalue weighted by Gasteiger charge is -2.26. The van der Waals surface area contributed by atoms with E-state index in [4.69, 9.17) is 5.11 Å². The molecule has 1 aromatic carbocycles. The van der Waals surface area contributed by atoms with Crippen LogP contribution in [0.25, 0.3) is 0 Å². The molecule has 0 spiro atoms. The van der Waals surface area contributed by atoms with Crippen LogP contribution >= 0.6 is 0 Å². The number of rotatable bonds is 3. The minimum atomic E-state index is -0.785. The molecular formula is C15H19N3O2. The van der Waals surface area contributed by atoms with Gasteiger partial charge in [-0.2, -0.15) is 5.26 Å². The maximum atomic E-state index is 10.8. The van der Waals surface area contributed by atoms with E-state index >= 15 is 0 Å². The molecule has 20 heavy (non-hydrogen) atoms. The van der Waals surface area contributed by atoms with Crippen molar-refractivity contribution in [2.45, 2.75) is 13.3 Å². The van der Waals surface area contributed by atoms with Gasteiger partial charge in [-0.05, 0) is 25.0 Å². The zero-order valence-electron chi connectivity index (χ0n) is 11.7.